The molecule has 20 heavy (non-hydrogen) atoms. The van der Waals surface area contributed by atoms with Gasteiger partial charge in [-0.3, -0.25) is 9.69 Å². The lowest BCUT2D eigenvalue weighted by Gasteiger charge is -2.37. The molecule has 4 heteroatoms. The highest BCUT2D eigenvalue weighted by Gasteiger charge is 2.33. The van der Waals surface area contributed by atoms with Crippen molar-refractivity contribution in [3.63, 3.8) is 0 Å². The minimum absolute atomic E-state index is 0.0654. The first-order valence-corrected chi connectivity index (χ1v) is 7.65. The van der Waals surface area contributed by atoms with Gasteiger partial charge in [-0.15, -0.1) is 0 Å². The van der Waals surface area contributed by atoms with Crippen LogP contribution in [0.25, 0.3) is 0 Å². The summed E-state index contributed by atoms with van der Waals surface area (Å²) in [5, 5.41) is 4.02. The molecule has 0 spiro atoms. The third kappa shape index (κ3) is 5.23. The molecule has 1 unspecified atom stereocenters. The van der Waals surface area contributed by atoms with Crippen LogP contribution in [0.1, 0.15) is 53.9 Å². The zero-order chi connectivity index (χ0) is 15.3. The quantitative estimate of drug-likeness (QED) is 0.575. The van der Waals surface area contributed by atoms with E-state index < -0.39 is 0 Å². The molecule has 1 rings (SSSR count). The smallest absolute Gasteiger partial charge is 0.150 e. The van der Waals surface area contributed by atoms with Gasteiger partial charge < -0.3 is 4.84 Å². The Morgan fingerprint density at radius 2 is 2.10 bits per heavy atom. The number of oxime groups is 1. The Labute approximate surface area is 123 Å². The normalized spacial score (nSPS) is 24.9. The van der Waals surface area contributed by atoms with Gasteiger partial charge in [-0.1, -0.05) is 19.0 Å². The summed E-state index contributed by atoms with van der Waals surface area (Å²) in [4.78, 5) is 19.7. The summed E-state index contributed by atoms with van der Waals surface area (Å²) in [5.74, 6) is 1.15. The van der Waals surface area contributed by atoms with Gasteiger partial charge in [0.1, 0.15) is 11.4 Å². The van der Waals surface area contributed by atoms with E-state index in [1.165, 1.54) is 0 Å². The molecule has 0 bridgehead atoms. The van der Waals surface area contributed by atoms with Crippen LogP contribution in [0.5, 0.6) is 0 Å². The molecule has 3 atom stereocenters. The van der Waals surface area contributed by atoms with Gasteiger partial charge in [0.05, 0.1) is 6.04 Å². The molecular formula is C16H30N2O2. The number of nitrogens with zero attached hydrogens (tertiary/aromatic N) is 2. The van der Waals surface area contributed by atoms with Gasteiger partial charge in [0, 0.05) is 12.6 Å². The van der Waals surface area contributed by atoms with Crippen LogP contribution >= 0.6 is 0 Å². The second kappa shape index (κ2) is 7.21. The van der Waals surface area contributed by atoms with Crippen LogP contribution in [0, 0.1) is 11.8 Å². The number of piperidine rings is 1. The zero-order valence-electron chi connectivity index (χ0n) is 13.8. The summed E-state index contributed by atoms with van der Waals surface area (Å²) in [7, 11) is 2.06. The second-order valence-electron chi connectivity index (χ2n) is 7.06. The molecule has 0 amide bonds. The van der Waals surface area contributed by atoms with Crippen molar-refractivity contribution >= 4 is 12.0 Å². The fourth-order valence-corrected chi connectivity index (χ4v) is 2.66. The zero-order valence-corrected chi connectivity index (χ0v) is 13.8. The molecule has 0 radical (unpaired) electrons. The number of carbonyl (C=O) groups is 1. The number of carbonyl (C=O) groups excluding carboxylic acids is 1. The summed E-state index contributed by atoms with van der Waals surface area (Å²) in [6.45, 7) is 11.3. The topological polar surface area (TPSA) is 41.9 Å². The number of hydrogen-bond donors (Lipinski definition) is 0. The van der Waals surface area contributed by atoms with Crippen LogP contribution in [0.4, 0.5) is 0 Å². The second-order valence-corrected chi connectivity index (χ2v) is 7.06. The third-order valence-electron chi connectivity index (χ3n) is 4.01. The average molecular weight is 282 g/mol. The van der Waals surface area contributed by atoms with E-state index >= 15 is 0 Å². The first-order chi connectivity index (χ1) is 9.22. The van der Waals surface area contributed by atoms with E-state index in [0.29, 0.717) is 17.6 Å². The van der Waals surface area contributed by atoms with E-state index in [9.17, 15) is 4.79 Å². The summed E-state index contributed by atoms with van der Waals surface area (Å²) >= 11 is 0. The molecule has 0 N–H and O–H groups in total. The van der Waals surface area contributed by atoms with Gasteiger partial charge in [0.15, 0.2) is 0 Å². The largest absolute Gasteiger partial charge is 0.390 e. The van der Waals surface area contributed by atoms with Gasteiger partial charge in [-0.2, -0.15) is 0 Å². The fraction of sp³-hybridized carbons (Fsp3) is 0.875. The Morgan fingerprint density at radius 3 is 2.65 bits per heavy atom. The highest BCUT2D eigenvalue weighted by molar-refractivity contribution is 5.85. The van der Waals surface area contributed by atoms with E-state index in [0.717, 1.165) is 25.8 Å². The van der Waals surface area contributed by atoms with Gasteiger partial charge in [0.2, 0.25) is 0 Å². The van der Waals surface area contributed by atoms with E-state index in [2.05, 4.69) is 31.0 Å². The first kappa shape index (κ1) is 17.2. The SMILES string of the molecule is CC([C@H](C)C/C=N/OC(C)(C)C)[C@H]1C(=O)CCCN1C. The highest BCUT2D eigenvalue weighted by atomic mass is 16.6. The Morgan fingerprint density at radius 1 is 1.45 bits per heavy atom. The Bertz CT molecular complexity index is 347. The fourth-order valence-electron chi connectivity index (χ4n) is 2.66. The van der Waals surface area contributed by atoms with Crippen molar-refractivity contribution in [3.8, 4) is 0 Å². The molecule has 4 nitrogen and oxygen atoms in total. The van der Waals surface area contributed by atoms with Crippen LogP contribution in [0.2, 0.25) is 0 Å². The number of likely N-dealkylation sites (tertiary alicyclic amines) is 1. The number of likely N-dealkylation sites (N-methyl/N-ethyl adjacent to an activating group) is 1. The summed E-state index contributed by atoms with van der Waals surface area (Å²) in [6, 6.07) is 0.0654. The molecule has 1 aliphatic rings. The van der Waals surface area contributed by atoms with Crippen molar-refractivity contribution in [2.24, 2.45) is 17.0 Å². The minimum atomic E-state index is -0.245. The van der Waals surface area contributed by atoms with Gasteiger partial charge >= 0.3 is 0 Å². The van der Waals surface area contributed by atoms with Crippen LogP contribution in [0.3, 0.4) is 0 Å². The maximum Gasteiger partial charge on any atom is 0.150 e. The number of hydrogen-bond acceptors (Lipinski definition) is 4. The standard InChI is InChI=1S/C16H30N2O2/c1-12(9-10-17-20-16(3,4)5)13(2)15-14(19)8-7-11-18(15)6/h10,12-13,15H,7-9,11H2,1-6H3/b17-10+/t12-,13?,15+/m1/s1. The Hall–Kier alpha value is -0.900. The lowest BCUT2D eigenvalue weighted by molar-refractivity contribution is -0.128. The van der Waals surface area contributed by atoms with E-state index in [-0.39, 0.29) is 11.6 Å². The summed E-state index contributed by atoms with van der Waals surface area (Å²) < 4.78 is 0. The average Bonchev–Trinajstić information content (AvgIpc) is 2.32. The van der Waals surface area contributed by atoms with Crippen LogP contribution in [-0.2, 0) is 9.63 Å². The predicted octanol–water partition coefficient (Wildman–Crippen LogP) is 3.11. The molecular weight excluding hydrogens is 252 g/mol. The molecule has 0 aromatic heterocycles. The molecule has 0 aliphatic carbocycles. The van der Waals surface area contributed by atoms with Crippen molar-refractivity contribution in [1.82, 2.24) is 4.90 Å². The van der Waals surface area contributed by atoms with E-state index in [1.807, 2.05) is 27.0 Å². The molecule has 1 aliphatic heterocycles. The van der Waals surface area contributed by atoms with Crippen molar-refractivity contribution in [3.05, 3.63) is 0 Å². The van der Waals surface area contributed by atoms with Crippen molar-refractivity contribution in [1.29, 1.82) is 0 Å². The highest BCUT2D eigenvalue weighted by Crippen LogP contribution is 2.26. The Kier molecular flexibility index (Phi) is 6.18. The number of Topliss-reactive ketones (excluding diaryl/α,β-unsaturated/α-hetero) is 1. The molecule has 116 valence electrons. The Balaban J connectivity index is 2.49. The molecule has 1 saturated heterocycles. The van der Waals surface area contributed by atoms with Crippen LogP contribution < -0.4 is 0 Å². The number of rotatable bonds is 5. The predicted molar refractivity (Wildman–Crippen MR) is 82.9 cm³/mol. The van der Waals surface area contributed by atoms with Crippen LogP contribution in [0.15, 0.2) is 5.16 Å². The van der Waals surface area contributed by atoms with E-state index in [4.69, 9.17) is 4.84 Å². The first-order valence-electron chi connectivity index (χ1n) is 7.65. The maximum absolute atomic E-state index is 12.1. The van der Waals surface area contributed by atoms with Gasteiger partial charge in [0.25, 0.3) is 0 Å². The van der Waals surface area contributed by atoms with Gasteiger partial charge in [-0.25, -0.2) is 0 Å². The van der Waals surface area contributed by atoms with Crippen molar-refractivity contribution < 1.29 is 9.63 Å². The molecule has 1 fully saturated rings. The monoisotopic (exact) mass is 282 g/mol. The lowest BCUT2D eigenvalue weighted by atomic mass is 9.81. The molecule has 0 aromatic carbocycles. The lowest BCUT2D eigenvalue weighted by Crippen LogP contribution is -2.48. The molecule has 0 saturated carbocycles. The maximum atomic E-state index is 12.1. The number of ketones is 1. The summed E-state index contributed by atoms with van der Waals surface area (Å²) in [6.07, 6.45) is 4.40. The van der Waals surface area contributed by atoms with E-state index in [1.54, 1.807) is 0 Å². The summed E-state index contributed by atoms with van der Waals surface area (Å²) in [5.41, 5.74) is -0.245. The minimum Gasteiger partial charge on any atom is -0.390 e. The van der Waals surface area contributed by atoms with Crippen molar-refractivity contribution in [2.75, 3.05) is 13.6 Å². The molecule has 0 aromatic rings. The van der Waals surface area contributed by atoms with Crippen molar-refractivity contribution in [2.45, 2.75) is 65.5 Å². The third-order valence-corrected chi connectivity index (χ3v) is 4.01. The molecule has 1 heterocycles. The van der Waals surface area contributed by atoms with Gasteiger partial charge in [-0.05, 0) is 59.0 Å². The van der Waals surface area contributed by atoms with Crippen LogP contribution in [-0.4, -0.2) is 42.1 Å².